The van der Waals surface area contributed by atoms with E-state index in [-0.39, 0.29) is 5.91 Å². The zero-order chi connectivity index (χ0) is 17.5. The van der Waals surface area contributed by atoms with Crippen molar-refractivity contribution in [3.05, 3.63) is 47.0 Å². The maximum absolute atomic E-state index is 12.2. The maximum Gasteiger partial charge on any atom is 0.229 e. The Hall–Kier alpha value is -2.33. The highest BCUT2D eigenvalue weighted by Gasteiger charge is 2.22. The minimum Gasteiger partial charge on any atom is -0.436 e. The average Bonchev–Trinajstić information content (AvgIpc) is 2.91. The fourth-order valence-electron chi connectivity index (χ4n) is 2.22. The molecule has 0 unspecified atom stereocenters. The summed E-state index contributed by atoms with van der Waals surface area (Å²) in [6.07, 6.45) is 0. The van der Waals surface area contributed by atoms with Gasteiger partial charge in [-0.25, -0.2) is 4.98 Å². The van der Waals surface area contributed by atoms with Crippen LogP contribution in [0, 0.1) is 12.3 Å². The topological polar surface area (TPSA) is 55.1 Å². The second-order valence-corrected chi connectivity index (χ2v) is 7.30. The molecule has 2 aromatic carbocycles. The van der Waals surface area contributed by atoms with Crippen LogP contribution >= 0.6 is 11.6 Å². The first kappa shape index (κ1) is 16.5. The molecule has 1 N–H and O–H groups in total. The summed E-state index contributed by atoms with van der Waals surface area (Å²) in [5.41, 5.74) is 3.46. The maximum atomic E-state index is 12.2. The van der Waals surface area contributed by atoms with Crippen molar-refractivity contribution in [3.63, 3.8) is 0 Å². The van der Waals surface area contributed by atoms with E-state index < -0.39 is 5.41 Å². The number of rotatable bonds is 2. The van der Waals surface area contributed by atoms with E-state index in [1.165, 1.54) is 0 Å². The van der Waals surface area contributed by atoms with Gasteiger partial charge in [-0.15, -0.1) is 0 Å². The van der Waals surface area contributed by atoms with E-state index in [0.717, 1.165) is 22.2 Å². The minimum atomic E-state index is -0.505. The lowest BCUT2D eigenvalue weighted by molar-refractivity contribution is -0.123. The van der Waals surface area contributed by atoms with E-state index >= 15 is 0 Å². The summed E-state index contributed by atoms with van der Waals surface area (Å²) < 4.78 is 5.81. The van der Waals surface area contributed by atoms with Crippen molar-refractivity contribution in [1.29, 1.82) is 0 Å². The summed E-state index contributed by atoms with van der Waals surface area (Å²) in [6, 6.07) is 11.2. The monoisotopic (exact) mass is 342 g/mol. The number of nitrogens with zero attached hydrogens (tertiary/aromatic N) is 1. The molecule has 0 spiro atoms. The first-order valence-electron chi connectivity index (χ1n) is 7.72. The highest BCUT2D eigenvalue weighted by atomic mass is 35.5. The largest absolute Gasteiger partial charge is 0.436 e. The van der Waals surface area contributed by atoms with Gasteiger partial charge in [-0.3, -0.25) is 4.79 Å². The molecule has 1 heterocycles. The predicted octanol–water partition coefficient (Wildman–Crippen LogP) is 5.44. The third-order valence-corrected chi connectivity index (χ3v) is 4.02. The van der Waals surface area contributed by atoms with E-state index in [2.05, 4.69) is 10.3 Å². The molecule has 3 aromatic rings. The highest BCUT2D eigenvalue weighted by molar-refractivity contribution is 6.33. The van der Waals surface area contributed by atoms with E-state index in [4.69, 9.17) is 16.0 Å². The number of carbonyl (C=O) groups excluding carboxylic acids is 1. The number of carbonyl (C=O) groups is 1. The highest BCUT2D eigenvalue weighted by Crippen LogP contribution is 2.31. The normalized spacial score (nSPS) is 11.7. The molecule has 124 valence electrons. The van der Waals surface area contributed by atoms with Crippen LogP contribution in [0.1, 0.15) is 26.3 Å². The molecule has 0 aliphatic rings. The standard InChI is InChI=1S/C19H19ClN2O2/c1-11-5-8-16-15(9-11)21-17(24-16)12-6-7-13(20)14(10-12)22-18(23)19(2,3)4/h5-10H,1-4H3,(H,22,23). The van der Waals surface area contributed by atoms with Gasteiger partial charge in [0.1, 0.15) is 5.52 Å². The van der Waals surface area contributed by atoms with Crippen LogP contribution in [0.5, 0.6) is 0 Å². The summed E-state index contributed by atoms with van der Waals surface area (Å²) in [5.74, 6) is 0.397. The van der Waals surface area contributed by atoms with Gasteiger partial charge in [0.2, 0.25) is 11.8 Å². The van der Waals surface area contributed by atoms with Crippen LogP contribution in [0.15, 0.2) is 40.8 Å². The second kappa shape index (κ2) is 5.95. The van der Waals surface area contributed by atoms with Crippen molar-refractivity contribution in [2.75, 3.05) is 5.32 Å². The van der Waals surface area contributed by atoms with Gasteiger partial charge in [-0.2, -0.15) is 0 Å². The number of halogens is 1. The van der Waals surface area contributed by atoms with Crippen LogP contribution in [0.3, 0.4) is 0 Å². The van der Waals surface area contributed by atoms with Crippen LogP contribution in [0.25, 0.3) is 22.6 Å². The molecule has 0 saturated heterocycles. The number of anilines is 1. The fourth-order valence-corrected chi connectivity index (χ4v) is 2.39. The Morgan fingerprint density at radius 2 is 1.92 bits per heavy atom. The Kier molecular flexibility index (Phi) is 4.10. The fraction of sp³-hybridized carbons (Fsp3) is 0.263. The van der Waals surface area contributed by atoms with Crippen molar-refractivity contribution in [1.82, 2.24) is 4.98 Å². The SMILES string of the molecule is Cc1ccc2oc(-c3ccc(Cl)c(NC(=O)C(C)(C)C)c3)nc2c1. The van der Waals surface area contributed by atoms with Crippen LogP contribution in [-0.2, 0) is 4.79 Å². The van der Waals surface area contributed by atoms with Crippen LogP contribution in [0.2, 0.25) is 5.02 Å². The molecule has 4 nitrogen and oxygen atoms in total. The molecule has 5 heteroatoms. The predicted molar refractivity (Wildman–Crippen MR) is 97.3 cm³/mol. The van der Waals surface area contributed by atoms with Gasteiger partial charge in [-0.05, 0) is 42.8 Å². The first-order valence-corrected chi connectivity index (χ1v) is 8.10. The van der Waals surface area contributed by atoms with Gasteiger partial charge < -0.3 is 9.73 Å². The molecule has 1 amide bonds. The molecule has 0 bridgehead atoms. The summed E-state index contributed by atoms with van der Waals surface area (Å²) in [7, 11) is 0. The number of hydrogen-bond donors (Lipinski definition) is 1. The molecule has 0 saturated carbocycles. The van der Waals surface area contributed by atoms with E-state index in [1.54, 1.807) is 12.1 Å². The lowest BCUT2D eigenvalue weighted by Crippen LogP contribution is -2.27. The van der Waals surface area contributed by atoms with Crippen molar-refractivity contribution < 1.29 is 9.21 Å². The number of aryl methyl sites for hydroxylation is 1. The Bertz CT molecular complexity index is 923. The third kappa shape index (κ3) is 3.29. The Balaban J connectivity index is 1.99. The van der Waals surface area contributed by atoms with Crippen molar-refractivity contribution in [2.45, 2.75) is 27.7 Å². The van der Waals surface area contributed by atoms with Crippen LogP contribution < -0.4 is 5.32 Å². The summed E-state index contributed by atoms with van der Waals surface area (Å²) in [6.45, 7) is 7.56. The smallest absolute Gasteiger partial charge is 0.229 e. The number of oxazole rings is 1. The molecule has 1 aromatic heterocycles. The number of benzene rings is 2. The van der Waals surface area contributed by atoms with E-state index in [0.29, 0.717) is 16.6 Å². The molecule has 0 radical (unpaired) electrons. The van der Waals surface area contributed by atoms with Gasteiger partial charge >= 0.3 is 0 Å². The molecule has 0 atom stereocenters. The third-order valence-electron chi connectivity index (χ3n) is 3.69. The van der Waals surface area contributed by atoms with Gasteiger partial charge in [0.05, 0.1) is 10.7 Å². The van der Waals surface area contributed by atoms with Crippen molar-refractivity contribution >= 4 is 34.3 Å². The Labute approximate surface area is 145 Å². The molecular weight excluding hydrogens is 324 g/mol. The quantitative estimate of drug-likeness (QED) is 0.674. The molecular formula is C19H19ClN2O2. The number of fused-ring (bicyclic) bond motifs is 1. The molecule has 24 heavy (non-hydrogen) atoms. The second-order valence-electron chi connectivity index (χ2n) is 6.89. The Morgan fingerprint density at radius 3 is 2.62 bits per heavy atom. The molecule has 0 aliphatic carbocycles. The van der Waals surface area contributed by atoms with Crippen LogP contribution in [0.4, 0.5) is 5.69 Å². The minimum absolute atomic E-state index is 0.102. The average molecular weight is 343 g/mol. The van der Waals surface area contributed by atoms with Gasteiger partial charge in [-0.1, -0.05) is 38.4 Å². The summed E-state index contributed by atoms with van der Waals surface area (Å²) >= 11 is 6.21. The summed E-state index contributed by atoms with van der Waals surface area (Å²) in [4.78, 5) is 16.7. The van der Waals surface area contributed by atoms with Crippen molar-refractivity contribution in [3.8, 4) is 11.5 Å². The summed E-state index contributed by atoms with van der Waals surface area (Å²) in [5, 5.41) is 3.34. The van der Waals surface area contributed by atoms with Crippen LogP contribution in [-0.4, -0.2) is 10.9 Å². The van der Waals surface area contributed by atoms with E-state index in [9.17, 15) is 4.79 Å². The van der Waals surface area contributed by atoms with Gasteiger partial charge in [0.15, 0.2) is 5.58 Å². The Morgan fingerprint density at radius 1 is 1.17 bits per heavy atom. The number of amides is 1. The zero-order valence-electron chi connectivity index (χ0n) is 14.1. The molecule has 3 rings (SSSR count). The van der Waals surface area contributed by atoms with E-state index in [1.807, 2.05) is 52.0 Å². The number of aromatic nitrogens is 1. The first-order chi connectivity index (χ1) is 11.2. The van der Waals surface area contributed by atoms with Gasteiger partial charge in [0, 0.05) is 11.0 Å². The number of nitrogens with one attached hydrogen (secondary N) is 1. The van der Waals surface area contributed by atoms with Gasteiger partial charge in [0.25, 0.3) is 0 Å². The van der Waals surface area contributed by atoms with Crippen molar-refractivity contribution in [2.24, 2.45) is 5.41 Å². The molecule has 0 fully saturated rings. The lowest BCUT2D eigenvalue weighted by atomic mass is 9.95. The lowest BCUT2D eigenvalue weighted by Gasteiger charge is -2.18. The molecule has 0 aliphatic heterocycles. The number of hydrogen-bond acceptors (Lipinski definition) is 3. The zero-order valence-corrected chi connectivity index (χ0v) is 14.9.